The molecule has 9 heteroatoms. The first-order valence-corrected chi connectivity index (χ1v) is 11.6. The van der Waals surface area contributed by atoms with E-state index >= 15 is 0 Å². The van der Waals surface area contributed by atoms with Gasteiger partial charge in [0.25, 0.3) is 5.91 Å². The minimum absolute atomic E-state index is 0.150. The molecule has 0 atom stereocenters. The summed E-state index contributed by atoms with van der Waals surface area (Å²) in [5, 5.41) is 4.72. The first-order chi connectivity index (χ1) is 16.0. The lowest BCUT2D eigenvalue weighted by Crippen LogP contribution is -2.17. The second-order valence-corrected chi connectivity index (χ2v) is 8.48. The number of rotatable bonds is 8. The van der Waals surface area contributed by atoms with Gasteiger partial charge < -0.3 is 18.9 Å². The molecule has 0 radical (unpaired) electrons. The molecule has 0 saturated heterocycles. The normalized spacial score (nSPS) is 12.1. The Bertz CT molecular complexity index is 1200. The summed E-state index contributed by atoms with van der Waals surface area (Å²) >= 11 is 8.41. The number of benzene rings is 3. The summed E-state index contributed by atoms with van der Waals surface area (Å²) < 4.78 is 23.2. The van der Waals surface area contributed by atoms with Gasteiger partial charge in [0.05, 0.1) is 16.4 Å². The third-order valence-electron chi connectivity index (χ3n) is 4.68. The van der Waals surface area contributed by atoms with Crippen LogP contribution in [0.5, 0.6) is 23.0 Å². The number of carbonyl (C=O) groups excluding carboxylic acids is 1. The Kier molecular flexibility index (Phi) is 7.56. The minimum atomic E-state index is -0.357. The molecule has 0 saturated carbocycles. The Morgan fingerprint density at radius 2 is 1.97 bits per heavy atom. The van der Waals surface area contributed by atoms with Crippen LogP contribution in [0, 0.1) is 3.57 Å². The monoisotopic (exact) mass is 578 g/mol. The molecule has 1 N–H and O–H groups in total. The molecule has 33 heavy (non-hydrogen) atoms. The maximum Gasteiger partial charge on any atom is 0.271 e. The molecule has 0 aromatic heterocycles. The van der Waals surface area contributed by atoms with E-state index in [1.807, 2.05) is 43.3 Å². The molecule has 7 nitrogen and oxygen atoms in total. The van der Waals surface area contributed by atoms with E-state index in [2.05, 4.69) is 33.1 Å². The van der Waals surface area contributed by atoms with Crippen molar-refractivity contribution in [1.82, 2.24) is 5.43 Å². The fourth-order valence-electron chi connectivity index (χ4n) is 3.10. The van der Waals surface area contributed by atoms with Gasteiger partial charge in [0.1, 0.15) is 6.61 Å². The molecule has 0 unspecified atom stereocenters. The molecule has 1 amide bonds. The summed E-state index contributed by atoms with van der Waals surface area (Å²) in [6.07, 6.45) is 1.55. The zero-order valence-corrected chi connectivity index (χ0v) is 20.6. The van der Waals surface area contributed by atoms with E-state index in [1.165, 1.54) is 0 Å². The molecule has 1 aliphatic heterocycles. The van der Waals surface area contributed by atoms with Crippen LogP contribution in [-0.2, 0) is 6.61 Å². The number of nitrogens with zero attached hydrogens (tertiary/aromatic N) is 1. The highest BCUT2D eigenvalue weighted by Gasteiger charge is 2.16. The summed E-state index contributed by atoms with van der Waals surface area (Å²) in [7, 11) is 0. The largest absolute Gasteiger partial charge is 0.490 e. The van der Waals surface area contributed by atoms with Gasteiger partial charge in [0.2, 0.25) is 6.79 Å². The average molecular weight is 579 g/mol. The number of ether oxygens (including phenoxy) is 4. The van der Waals surface area contributed by atoms with Crippen molar-refractivity contribution in [2.24, 2.45) is 5.10 Å². The Morgan fingerprint density at radius 1 is 1.15 bits per heavy atom. The lowest BCUT2D eigenvalue weighted by molar-refractivity contribution is 0.0954. The molecule has 3 aromatic rings. The van der Waals surface area contributed by atoms with Crippen LogP contribution >= 0.6 is 34.2 Å². The number of amides is 1. The van der Waals surface area contributed by atoms with E-state index in [-0.39, 0.29) is 12.7 Å². The number of halogens is 2. The van der Waals surface area contributed by atoms with Crippen LogP contribution in [0.3, 0.4) is 0 Å². The van der Waals surface area contributed by atoms with Crippen molar-refractivity contribution in [3.05, 3.63) is 79.9 Å². The molecular formula is C24H20ClIN2O5. The topological polar surface area (TPSA) is 78.4 Å². The van der Waals surface area contributed by atoms with E-state index in [0.29, 0.717) is 46.8 Å². The SMILES string of the molecule is CCOc1cc(/C=N\NC(=O)c2ccc3c(c2)OCO3)cc(I)c1OCc1ccccc1Cl. The summed E-state index contributed by atoms with van der Waals surface area (Å²) in [5.41, 5.74) is 4.58. The van der Waals surface area contributed by atoms with Gasteiger partial charge in [-0.15, -0.1) is 0 Å². The van der Waals surface area contributed by atoms with Crippen LogP contribution in [0.25, 0.3) is 0 Å². The number of nitrogens with one attached hydrogen (secondary N) is 1. The molecule has 3 aromatic carbocycles. The van der Waals surface area contributed by atoms with Crippen molar-refractivity contribution >= 4 is 46.3 Å². The van der Waals surface area contributed by atoms with E-state index in [4.69, 9.17) is 30.5 Å². The molecule has 170 valence electrons. The highest BCUT2D eigenvalue weighted by Crippen LogP contribution is 2.35. The van der Waals surface area contributed by atoms with Crippen molar-refractivity contribution in [3.8, 4) is 23.0 Å². The van der Waals surface area contributed by atoms with Gasteiger partial charge in [-0.3, -0.25) is 4.79 Å². The van der Waals surface area contributed by atoms with Crippen LogP contribution < -0.4 is 24.4 Å². The number of fused-ring (bicyclic) bond motifs is 1. The first kappa shape index (κ1) is 23.2. The molecule has 0 spiro atoms. The lowest BCUT2D eigenvalue weighted by Gasteiger charge is -2.15. The van der Waals surface area contributed by atoms with Crippen molar-refractivity contribution in [3.63, 3.8) is 0 Å². The first-order valence-electron chi connectivity index (χ1n) is 10.1. The van der Waals surface area contributed by atoms with Gasteiger partial charge in [0, 0.05) is 16.1 Å². The minimum Gasteiger partial charge on any atom is -0.490 e. The Labute approximate surface area is 209 Å². The third kappa shape index (κ3) is 5.69. The van der Waals surface area contributed by atoms with Gasteiger partial charge in [-0.1, -0.05) is 29.8 Å². The van der Waals surface area contributed by atoms with E-state index < -0.39 is 0 Å². The van der Waals surface area contributed by atoms with Gasteiger partial charge in [-0.25, -0.2) is 5.43 Å². The fourth-order valence-corrected chi connectivity index (χ4v) is 4.07. The highest BCUT2D eigenvalue weighted by atomic mass is 127. The number of hydrazone groups is 1. The zero-order valence-electron chi connectivity index (χ0n) is 17.6. The lowest BCUT2D eigenvalue weighted by atomic mass is 10.2. The van der Waals surface area contributed by atoms with Crippen LogP contribution in [0.1, 0.15) is 28.4 Å². The van der Waals surface area contributed by atoms with Crippen LogP contribution in [-0.4, -0.2) is 25.5 Å². The van der Waals surface area contributed by atoms with Crippen LogP contribution in [0.2, 0.25) is 5.02 Å². The number of hydrogen-bond donors (Lipinski definition) is 1. The molecule has 0 aliphatic carbocycles. The average Bonchev–Trinajstić information content (AvgIpc) is 3.28. The Balaban J connectivity index is 1.45. The van der Waals surface area contributed by atoms with Crippen molar-refractivity contribution in [2.45, 2.75) is 13.5 Å². The van der Waals surface area contributed by atoms with Crippen molar-refractivity contribution in [1.29, 1.82) is 0 Å². The molecule has 1 aliphatic rings. The van der Waals surface area contributed by atoms with Gasteiger partial charge in [-0.05, 0) is 71.5 Å². The second kappa shape index (κ2) is 10.8. The predicted molar refractivity (Wildman–Crippen MR) is 134 cm³/mol. The Hall–Kier alpha value is -2.98. The van der Waals surface area contributed by atoms with E-state index in [9.17, 15) is 4.79 Å². The number of carbonyl (C=O) groups is 1. The molecular weight excluding hydrogens is 559 g/mol. The van der Waals surface area contributed by atoms with Crippen LogP contribution in [0.4, 0.5) is 0 Å². The van der Waals surface area contributed by atoms with Crippen molar-refractivity contribution < 1.29 is 23.7 Å². The van der Waals surface area contributed by atoms with E-state index in [0.717, 1.165) is 14.7 Å². The molecule has 1 heterocycles. The van der Waals surface area contributed by atoms with Gasteiger partial charge in [-0.2, -0.15) is 5.10 Å². The second-order valence-electron chi connectivity index (χ2n) is 6.91. The Morgan fingerprint density at radius 3 is 2.79 bits per heavy atom. The quantitative estimate of drug-likeness (QED) is 0.220. The summed E-state index contributed by atoms with van der Waals surface area (Å²) in [6, 6.07) is 16.2. The van der Waals surface area contributed by atoms with Gasteiger partial charge in [0.15, 0.2) is 23.0 Å². The molecule has 0 bridgehead atoms. The zero-order chi connectivity index (χ0) is 23.2. The summed E-state index contributed by atoms with van der Waals surface area (Å²) in [4.78, 5) is 12.4. The van der Waals surface area contributed by atoms with E-state index in [1.54, 1.807) is 24.4 Å². The van der Waals surface area contributed by atoms with Crippen molar-refractivity contribution in [2.75, 3.05) is 13.4 Å². The summed E-state index contributed by atoms with van der Waals surface area (Å²) in [6.45, 7) is 2.84. The van der Waals surface area contributed by atoms with Crippen LogP contribution in [0.15, 0.2) is 59.7 Å². The number of hydrogen-bond acceptors (Lipinski definition) is 6. The maximum absolute atomic E-state index is 12.4. The standard InChI is InChI=1S/C24H20ClIN2O5/c1-2-30-22-10-15(9-19(26)23(22)31-13-17-5-3-4-6-18(17)25)12-27-28-24(29)16-7-8-20-21(11-16)33-14-32-20/h3-12H,2,13-14H2,1H3,(H,28,29)/b27-12-. The molecule has 4 rings (SSSR count). The molecule has 0 fully saturated rings. The maximum atomic E-state index is 12.4. The highest BCUT2D eigenvalue weighted by molar-refractivity contribution is 14.1. The van der Waals surface area contributed by atoms with Gasteiger partial charge >= 0.3 is 0 Å². The summed E-state index contributed by atoms with van der Waals surface area (Å²) in [5.74, 6) is 2.00. The third-order valence-corrected chi connectivity index (χ3v) is 5.85. The predicted octanol–water partition coefficient (Wildman–Crippen LogP) is 5.41. The smallest absolute Gasteiger partial charge is 0.271 e. The fraction of sp³-hybridized carbons (Fsp3) is 0.167.